The van der Waals surface area contributed by atoms with Gasteiger partial charge >= 0.3 is 0 Å². The topological polar surface area (TPSA) is 35.2 Å². The Hall–Kier alpha value is -0.520. The van der Waals surface area contributed by atoms with Gasteiger partial charge in [0.15, 0.2) is 0 Å². The molecule has 0 aliphatic carbocycles. The van der Waals surface area contributed by atoms with Crippen LogP contribution in [-0.2, 0) is 0 Å². The van der Waals surface area contributed by atoms with Crippen LogP contribution < -0.4 is 10.5 Å². The fourth-order valence-corrected chi connectivity index (χ4v) is 3.00. The van der Waals surface area contributed by atoms with Crippen LogP contribution in [0.2, 0.25) is 0 Å². The van der Waals surface area contributed by atoms with Crippen molar-refractivity contribution in [2.75, 3.05) is 39.5 Å². The monoisotopic (exact) mass is 377 g/mol. The second-order valence-corrected chi connectivity index (χ2v) is 6.50. The van der Waals surface area contributed by atoms with Gasteiger partial charge in [0.2, 0.25) is 0 Å². The number of likely N-dealkylation sites (N-methyl/N-ethyl adjacent to an activating group) is 1. The van der Waals surface area contributed by atoms with Gasteiger partial charge in [-0.1, -0.05) is 6.58 Å². The Bertz CT molecular complexity index is 410. The molecule has 0 spiro atoms. The van der Waals surface area contributed by atoms with Crippen molar-refractivity contribution in [3.05, 3.63) is 33.7 Å². The van der Waals surface area contributed by atoms with Crippen molar-refractivity contribution in [3.63, 3.8) is 0 Å². The predicted octanol–water partition coefficient (Wildman–Crippen LogP) is 3.44. The predicted molar refractivity (Wildman–Crippen MR) is 83.8 cm³/mol. The molecule has 0 bridgehead atoms. The number of nitrogens with zero attached hydrogens (tertiary/aromatic N) is 1. The minimum Gasteiger partial charge on any atom is -0.485 e. The maximum atomic E-state index is 5.81. The van der Waals surface area contributed by atoms with E-state index in [-0.39, 0.29) is 0 Å². The molecule has 0 saturated carbocycles. The fourth-order valence-electron chi connectivity index (χ4n) is 1.55. The van der Waals surface area contributed by atoms with Gasteiger partial charge in [0.05, 0.1) is 29.6 Å². The third-order valence-corrected chi connectivity index (χ3v) is 3.77. The molecule has 1 rings (SSSR count). The summed E-state index contributed by atoms with van der Waals surface area (Å²) >= 11 is 6.91. The van der Waals surface area contributed by atoms with Gasteiger partial charge in [-0.3, -0.25) is 0 Å². The Morgan fingerprint density at radius 2 is 1.89 bits per heavy atom. The summed E-state index contributed by atoms with van der Waals surface area (Å²) in [7, 11) is 4.30. The SMILES string of the molecule is C=CC[N+](C)(C)CCOc1c(Br)cc(N)cc1Br. The van der Waals surface area contributed by atoms with E-state index in [1.165, 1.54) is 0 Å². The Kier molecular flexibility index (Phi) is 5.69. The van der Waals surface area contributed by atoms with Gasteiger partial charge < -0.3 is 15.0 Å². The standard InChI is InChI=1S/C13H19Br2N2O/c1-4-5-17(2,3)6-7-18-13-11(14)8-10(16)9-12(13)15/h4,8-9H,1,5-7,16H2,2-3H3/q+1. The normalized spacial score (nSPS) is 11.3. The number of halogens is 2. The van der Waals surface area contributed by atoms with E-state index in [0.717, 1.165) is 32.3 Å². The number of hydrogen-bond donors (Lipinski definition) is 1. The highest BCUT2D eigenvalue weighted by Gasteiger charge is 2.14. The number of nitrogen functional groups attached to an aromatic ring is 1. The molecule has 0 atom stereocenters. The highest BCUT2D eigenvalue weighted by Crippen LogP contribution is 2.35. The molecule has 0 aromatic heterocycles. The van der Waals surface area contributed by atoms with Crippen LogP contribution in [0.5, 0.6) is 5.75 Å². The molecule has 0 aliphatic rings. The molecule has 3 nitrogen and oxygen atoms in total. The number of hydrogen-bond acceptors (Lipinski definition) is 2. The van der Waals surface area contributed by atoms with E-state index in [1.54, 1.807) is 0 Å². The first-order chi connectivity index (χ1) is 8.35. The lowest BCUT2D eigenvalue weighted by Gasteiger charge is -2.28. The molecule has 1 aromatic carbocycles. The average Bonchev–Trinajstić information content (AvgIpc) is 2.21. The number of nitrogens with two attached hydrogens (primary N) is 1. The van der Waals surface area contributed by atoms with Crippen LogP contribution in [0.25, 0.3) is 0 Å². The number of anilines is 1. The summed E-state index contributed by atoms with van der Waals surface area (Å²) in [6, 6.07) is 3.67. The molecule has 100 valence electrons. The van der Waals surface area contributed by atoms with E-state index in [2.05, 4.69) is 52.5 Å². The minimum absolute atomic E-state index is 0.641. The van der Waals surface area contributed by atoms with Crippen LogP contribution in [0.4, 0.5) is 5.69 Å². The lowest BCUT2D eigenvalue weighted by Crippen LogP contribution is -2.42. The molecule has 5 heteroatoms. The number of benzene rings is 1. The van der Waals surface area contributed by atoms with Crippen molar-refractivity contribution in [2.24, 2.45) is 0 Å². The molecule has 0 amide bonds. The van der Waals surface area contributed by atoms with Crippen LogP contribution in [0.15, 0.2) is 33.7 Å². The van der Waals surface area contributed by atoms with E-state index >= 15 is 0 Å². The summed E-state index contributed by atoms with van der Waals surface area (Å²) in [4.78, 5) is 0. The summed E-state index contributed by atoms with van der Waals surface area (Å²) in [6.07, 6.45) is 1.93. The Morgan fingerprint density at radius 3 is 2.39 bits per heavy atom. The van der Waals surface area contributed by atoms with E-state index < -0.39 is 0 Å². The van der Waals surface area contributed by atoms with E-state index in [1.807, 2.05) is 18.2 Å². The van der Waals surface area contributed by atoms with E-state index in [9.17, 15) is 0 Å². The van der Waals surface area contributed by atoms with Gasteiger partial charge in [-0.05, 0) is 50.1 Å². The zero-order valence-electron chi connectivity index (χ0n) is 10.7. The molecule has 0 radical (unpaired) electrons. The van der Waals surface area contributed by atoms with Crippen molar-refractivity contribution < 1.29 is 9.22 Å². The second-order valence-electron chi connectivity index (χ2n) is 4.79. The lowest BCUT2D eigenvalue weighted by molar-refractivity contribution is -0.884. The Labute approximate surface area is 125 Å². The van der Waals surface area contributed by atoms with Crippen LogP contribution in [-0.4, -0.2) is 38.3 Å². The van der Waals surface area contributed by atoms with Crippen molar-refractivity contribution >= 4 is 37.5 Å². The number of quaternary nitrogens is 1. The Morgan fingerprint density at radius 1 is 1.33 bits per heavy atom. The zero-order chi connectivity index (χ0) is 13.8. The highest BCUT2D eigenvalue weighted by molar-refractivity contribution is 9.11. The molecule has 0 heterocycles. The minimum atomic E-state index is 0.641. The smallest absolute Gasteiger partial charge is 0.148 e. The molecule has 0 aliphatic heterocycles. The summed E-state index contributed by atoms with van der Waals surface area (Å²) in [6.45, 7) is 6.24. The van der Waals surface area contributed by atoms with Crippen molar-refractivity contribution in [3.8, 4) is 5.75 Å². The fraction of sp³-hybridized carbons (Fsp3) is 0.385. The highest BCUT2D eigenvalue weighted by atomic mass is 79.9. The van der Waals surface area contributed by atoms with Gasteiger partial charge in [0.25, 0.3) is 0 Å². The van der Waals surface area contributed by atoms with Gasteiger partial charge in [-0.2, -0.15) is 0 Å². The van der Waals surface area contributed by atoms with Gasteiger partial charge in [-0.25, -0.2) is 0 Å². The molecule has 2 N–H and O–H groups in total. The summed E-state index contributed by atoms with van der Waals surface area (Å²) < 4.78 is 8.39. The third kappa shape index (κ3) is 4.63. The second kappa shape index (κ2) is 6.59. The first-order valence-electron chi connectivity index (χ1n) is 5.66. The molecule has 1 aromatic rings. The summed E-state index contributed by atoms with van der Waals surface area (Å²) in [5.74, 6) is 0.794. The molecule has 0 unspecified atom stereocenters. The van der Waals surface area contributed by atoms with E-state index in [0.29, 0.717) is 12.3 Å². The van der Waals surface area contributed by atoms with Crippen molar-refractivity contribution in [1.29, 1.82) is 0 Å². The lowest BCUT2D eigenvalue weighted by atomic mass is 10.3. The van der Waals surface area contributed by atoms with Gasteiger partial charge in [0.1, 0.15) is 18.9 Å². The molecule has 0 fully saturated rings. The van der Waals surface area contributed by atoms with Gasteiger partial charge in [0, 0.05) is 5.69 Å². The van der Waals surface area contributed by atoms with Crippen molar-refractivity contribution in [1.82, 2.24) is 0 Å². The quantitative estimate of drug-likeness (QED) is 0.467. The maximum absolute atomic E-state index is 5.81. The zero-order valence-corrected chi connectivity index (χ0v) is 13.9. The first kappa shape index (κ1) is 15.5. The van der Waals surface area contributed by atoms with Gasteiger partial charge in [-0.15, -0.1) is 0 Å². The first-order valence-corrected chi connectivity index (χ1v) is 7.24. The summed E-state index contributed by atoms with van der Waals surface area (Å²) in [5.41, 5.74) is 6.43. The van der Waals surface area contributed by atoms with E-state index in [4.69, 9.17) is 10.5 Å². The molecule has 0 saturated heterocycles. The van der Waals surface area contributed by atoms with Crippen LogP contribution in [0, 0.1) is 0 Å². The maximum Gasteiger partial charge on any atom is 0.148 e. The van der Waals surface area contributed by atoms with Crippen molar-refractivity contribution in [2.45, 2.75) is 0 Å². The molecular formula is C13H19Br2N2O+. The number of ether oxygens (including phenoxy) is 1. The Balaban J connectivity index is 2.62. The largest absolute Gasteiger partial charge is 0.485 e. The number of rotatable bonds is 6. The van der Waals surface area contributed by atoms with Crippen LogP contribution in [0.1, 0.15) is 0 Å². The average molecular weight is 379 g/mol. The summed E-state index contributed by atoms with van der Waals surface area (Å²) in [5, 5.41) is 0. The van der Waals surface area contributed by atoms with Crippen LogP contribution >= 0.6 is 31.9 Å². The molecular weight excluding hydrogens is 360 g/mol. The van der Waals surface area contributed by atoms with Crippen LogP contribution in [0.3, 0.4) is 0 Å². The molecule has 18 heavy (non-hydrogen) atoms. The third-order valence-electron chi connectivity index (χ3n) is 2.59.